The molecule has 0 bridgehead atoms. The third-order valence-electron chi connectivity index (χ3n) is 3.52. The van der Waals surface area contributed by atoms with Gasteiger partial charge in [0, 0.05) is 17.7 Å². The molecular weight excluding hydrogens is 395 g/mol. The van der Waals surface area contributed by atoms with Crippen LogP contribution in [-0.4, -0.2) is 10.8 Å². The first-order valence-corrected chi connectivity index (χ1v) is 8.90. The Labute approximate surface area is 162 Å². The number of hydrogen-bond acceptors (Lipinski definition) is 5. The van der Waals surface area contributed by atoms with Crippen LogP contribution >= 0.6 is 22.9 Å². The number of ether oxygens (including phenoxy) is 1. The van der Waals surface area contributed by atoms with Crippen LogP contribution in [-0.2, 0) is 6.61 Å². The molecule has 0 aliphatic rings. The lowest BCUT2D eigenvalue weighted by molar-refractivity contribution is -0.384. The van der Waals surface area contributed by atoms with E-state index in [1.165, 1.54) is 41.7 Å². The fourth-order valence-electron chi connectivity index (χ4n) is 2.20. The molecule has 0 atom stereocenters. The number of carbonyl (C=O) groups excluding carboxylic acids is 1. The highest BCUT2D eigenvalue weighted by Gasteiger charge is 2.14. The predicted molar refractivity (Wildman–Crippen MR) is 101 cm³/mol. The molecule has 0 aliphatic carbocycles. The normalized spacial score (nSPS) is 10.4. The van der Waals surface area contributed by atoms with Crippen LogP contribution in [0.3, 0.4) is 0 Å². The number of nitro groups is 1. The smallest absolute Gasteiger partial charge is 0.271 e. The van der Waals surface area contributed by atoms with Crippen LogP contribution in [0.4, 0.5) is 15.8 Å². The van der Waals surface area contributed by atoms with Gasteiger partial charge in [0.25, 0.3) is 11.6 Å². The predicted octanol–water partition coefficient (Wildman–Crippen LogP) is 5.28. The summed E-state index contributed by atoms with van der Waals surface area (Å²) in [6.45, 7) is 0.114. The van der Waals surface area contributed by atoms with Gasteiger partial charge in [-0.15, -0.1) is 11.3 Å². The molecule has 3 aromatic rings. The Balaban J connectivity index is 1.65. The van der Waals surface area contributed by atoms with Gasteiger partial charge in [0.2, 0.25) is 0 Å². The largest absolute Gasteiger partial charge is 0.486 e. The van der Waals surface area contributed by atoms with E-state index in [4.69, 9.17) is 16.3 Å². The van der Waals surface area contributed by atoms with E-state index in [1.54, 1.807) is 23.6 Å². The number of non-ortho nitro benzene ring substituents is 1. The Morgan fingerprint density at radius 1 is 1.26 bits per heavy atom. The summed E-state index contributed by atoms with van der Waals surface area (Å²) in [5.74, 6) is -0.737. The SMILES string of the molecule is O=C(Nc1ccc([N+](=O)[O-])cc1Cl)c1cc(COc2ccccc2F)cs1. The Morgan fingerprint density at radius 3 is 2.74 bits per heavy atom. The minimum absolute atomic E-state index is 0.0669. The molecular formula is C18H12ClFN2O4S. The first-order valence-electron chi connectivity index (χ1n) is 7.64. The number of anilines is 1. The molecule has 0 saturated carbocycles. The zero-order chi connectivity index (χ0) is 19.4. The summed E-state index contributed by atoms with van der Waals surface area (Å²) >= 11 is 7.16. The fourth-order valence-corrected chi connectivity index (χ4v) is 3.21. The quantitative estimate of drug-likeness (QED) is 0.446. The van der Waals surface area contributed by atoms with Gasteiger partial charge in [-0.2, -0.15) is 0 Å². The summed E-state index contributed by atoms with van der Waals surface area (Å²) in [5, 5.41) is 15.1. The summed E-state index contributed by atoms with van der Waals surface area (Å²) < 4.78 is 18.9. The molecule has 1 heterocycles. The van der Waals surface area contributed by atoms with Crippen molar-refractivity contribution in [2.24, 2.45) is 0 Å². The van der Waals surface area contributed by atoms with Crippen LogP contribution in [0, 0.1) is 15.9 Å². The molecule has 1 N–H and O–H groups in total. The number of hydrogen-bond donors (Lipinski definition) is 1. The van der Waals surface area contributed by atoms with Crippen LogP contribution in [0.1, 0.15) is 15.2 Å². The minimum atomic E-state index is -0.571. The van der Waals surface area contributed by atoms with E-state index >= 15 is 0 Å². The van der Waals surface area contributed by atoms with Crippen LogP contribution in [0.15, 0.2) is 53.9 Å². The zero-order valence-electron chi connectivity index (χ0n) is 13.6. The van der Waals surface area contributed by atoms with Gasteiger partial charge in [-0.25, -0.2) is 4.39 Å². The molecule has 9 heteroatoms. The third-order valence-corrected chi connectivity index (χ3v) is 4.81. The second-order valence-electron chi connectivity index (χ2n) is 5.41. The summed E-state index contributed by atoms with van der Waals surface area (Å²) in [7, 11) is 0. The number of nitro benzene ring substituents is 1. The van der Waals surface area contributed by atoms with E-state index in [0.717, 1.165) is 0 Å². The van der Waals surface area contributed by atoms with Gasteiger partial charge in [-0.3, -0.25) is 14.9 Å². The van der Waals surface area contributed by atoms with E-state index in [9.17, 15) is 19.3 Å². The Kier molecular flexibility index (Phi) is 5.68. The second kappa shape index (κ2) is 8.15. The number of amides is 1. The van der Waals surface area contributed by atoms with Gasteiger partial charge < -0.3 is 10.1 Å². The van der Waals surface area contributed by atoms with Gasteiger partial charge >= 0.3 is 0 Å². The van der Waals surface area contributed by atoms with E-state index in [0.29, 0.717) is 10.4 Å². The Hall–Kier alpha value is -2.97. The zero-order valence-corrected chi connectivity index (χ0v) is 15.2. The molecule has 0 aliphatic heterocycles. The van der Waals surface area contributed by atoms with Crippen molar-refractivity contribution in [2.45, 2.75) is 6.61 Å². The highest BCUT2D eigenvalue weighted by molar-refractivity contribution is 7.12. The summed E-state index contributed by atoms with van der Waals surface area (Å²) in [6, 6.07) is 11.5. The maximum Gasteiger partial charge on any atom is 0.271 e. The molecule has 1 amide bonds. The van der Waals surface area contributed by atoms with Crippen LogP contribution < -0.4 is 10.1 Å². The van der Waals surface area contributed by atoms with Gasteiger partial charge in [-0.1, -0.05) is 23.7 Å². The number of halogens is 2. The lowest BCUT2D eigenvalue weighted by atomic mass is 10.2. The first-order chi connectivity index (χ1) is 12.9. The highest BCUT2D eigenvalue weighted by Crippen LogP contribution is 2.28. The van der Waals surface area contributed by atoms with Crippen LogP contribution in [0.2, 0.25) is 5.02 Å². The van der Waals surface area contributed by atoms with Crippen molar-refractivity contribution in [1.82, 2.24) is 0 Å². The number of para-hydroxylation sites is 1. The molecule has 0 fully saturated rings. The molecule has 0 unspecified atom stereocenters. The molecule has 3 rings (SSSR count). The van der Waals surface area contributed by atoms with Gasteiger partial charge in [0.15, 0.2) is 11.6 Å². The summed E-state index contributed by atoms with van der Waals surface area (Å²) in [5.41, 5.74) is 0.815. The van der Waals surface area contributed by atoms with Gasteiger partial charge in [0.1, 0.15) is 6.61 Å². The first kappa shape index (κ1) is 18.8. The summed E-state index contributed by atoms with van der Waals surface area (Å²) in [4.78, 5) is 22.9. The maximum absolute atomic E-state index is 13.5. The lowest BCUT2D eigenvalue weighted by Gasteiger charge is -2.06. The number of thiophene rings is 1. The minimum Gasteiger partial charge on any atom is -0.486 e. The average molecular weight is 407 g/mol. The van der Waals surface area contributed by atoms with Crippen molar-refractivity contribution in [3.05, 3.63) is 85.3 Å². The van der Waals surface area contributed by atoms with Crippen molar-refractivity contribution < 1.29 is 18.8 Å². The van der Waals surface area contributed by atoms with Gasteiger partial charge in [0.05, 0.1) is 20.5 Å². The van der Waals surface area contributed by atoms with Crippen molar-refractivity contribution in [3.8, 4) is 5.75 Å². The fraction of sp³-hybridized carbons (Fsp3) is 0.0556. The van der Waals surface area contributed by atoms with E-state index in [1.807, 2.05) is 0 Å². The maximum atomic E-state index is 13.5. The lowest BCUT2D eigenvalue weighted by Crippen LogP contribution is -2.10. The molecule has 27 heavy (non-hydrogen) atoms. The van der Waals surface area contributed by atoms with E-state index in [2.05, 4.69) is 5.32 Å². The van der Waals surface area contributed by atoms with Gasteiger partial charge in [-0.05, 0) is 29.6 Å². The van der Waals surface area contributed by atoms with Crippen LogP contribution in [0.5, 0.6) is 5.75 Å². The number of carbonyl (C=O) groups is 1. The number of nitrogens with one attached hydrogen (secondary N) is 1. The van der Waals surface area contributed by atoms with E-state index in [-0.39, 0.29) is 28.8 Å². The van der Waals surface area contributed by atoms with Crippen molar-refractivity contribution in [3.63, 3.8) is 0 Å². The Bertz CT molecular complexity index is 1010. The molecule has 2 aromatic carbocycles. The van der Waals surface area contributed by atoms with Crippen molar-refractivity contribution >= 4 is 40.2 Å². The molecule has 0 spiro atoms. The summed E-state index contributed by atoms with van der Waals surface area (Å²) in [6.07, 6.45) is 0. The highest BCUT2D eigenvalue weighted by atomic mass is 35.5. The molecule has 1 aromatic heterocycles. The molecule has 138 valence electrons. The standard InChI is InChI=1S/C18H12ClFN2O4S/c19-13-8-12(22(24)25)5-6-15(13)21-18(23)17-7-11(10-27-17)9-26-16-4-2-1-3-14(16)20/h1-8,10H,9H2,(H,21,23). The molecule has 6 nitrogen and oxygen atoms in total. The van der Waals surface area contributed by atoms with Crippen LogP contribution in [0.25, 0.3) is 0 Å². The average Bonchev–Trinajstić information content (AvgIpc) is 3.11. The molecule has 0 radical (unpaired) electrons. The van der Waals surface area contributed by atoms with E-state index < -0.39 is 16.6 Å². The third kappa shape index (κ3) is 4.60. The Morgan fingerprint density at radius 2 is 2.04 bits per heavy atom. The number of nitrogens with zero attached hydrogens (tertiary/aromatic N) is 1. The van der Waals surface area contributed by atoms with Crippen molar-refractivity contribution in [1.29, 1.82) is 0 Å². The molecule has 0 saturated heterocycles. The number of rotatable bonds is 6. The second-order valence-corrected chi connectivity index (χ2v) is 6.73. The van der Waals surface area contributed by atoms with Crippen molar-refractivity contribution in [2.75, 3.05) is 5.32 Å². The topological polar surface area (TPSA) is 81.5 Å². The monoisotopic (exact) mass is 406 g/mol. The number of benzene rings is 2.